The molecule has 0 aromatic carbocycles. The molecule has 1 aromatic rings. The Balaban J connectivity index is 1.78. The Bertz CT molecular complexity index is 593. The molecule has 21 heavy (non-hydrogen) atoms. The third-order valence-electron chi connectivity index (χ3n) is 4.29. The van der Waals surface area contributed by atoms with E-state index in [1.54, 1.807) is 10.5 Å². The van der Waals surface area contributed by atoms with Gasteiger partial charge in [-0.05, 0) is 18.6 Å². The first-order valence-electron chi connectivity index (χ1n) is 7.17. The van der Waals surface area contributed by atoms with Gasteiger partial charge in [-0.2, -0.15) is 4.31 Å². The maximum atomic E-state index is 11.9. The van der Waals surface area contributed by atoms with E-state index in [0.717, 1.165) is 25.3 Å². The summed E-state index contributed by atoms with van der Waals surface area (Å²) in [6.07, 6.45) is 3.99. The van der Waals surface area contributed by atoms with Crippen LogP contribution in [0.25, 0.3) is 0 Å². The number of rotatable bonds is 2. The molecule has 0 radical (unpaired) electrons. The molecule has 0 N–H and O–H groups in total. The molecule has 2 saturated heterocycles. The van der Waals surface area contributed by atoms with Gasteiger partial charge in [-0.1, -0.05) is 6.07 Å². The monoisotopic (exact) mass is 311 g/mol. The predicted octanol–water partition coefficient (Wildman–Crippen LogP) is 0.570. The molecule has 116 valence electrons. The molecular formula is C14H21N3O3S. The fourth-order valence-electron chi connectivity index (χ4n) is 3.16. The molecule has 3 rings (SSSR count). The molecular weight excluding hydrogens is 290 g/mol. The van der Waals surface area contributed by atoms with Crippen molar-refractivity contribution in [3.05, 3.63) is 24.4 Å². The van der Waals surface area contributed by atoms with Gasteiger partial charge in [0.1, 0.15) is 5.82 Å². The molecule has 0 amide bonds. The van der Waals surface area contributed by atoms with Crippen molar-refractivity contribution >= 4 is 15.8 Å². The van der Waals surface area contributed by atoms with E-state index < -0.39 is 10.0 Å². The molecule has 3 heterocycles. The Morgan fingerprint density at radius 1 is 1.29 bits per heavy atom. The molecule has 7 heteroatoms. The number of anilines is 1. The standard InChI is InChI=1S/C14H21N3O3S/c1-21(18,19)17-8-9-20-12-14(11-17)5-7-16(10-14)13-4-2-3-6-15-13/h2-4,6H,5,7-12H2,1H3. The van der Waals surface area contributed by atoms with E-state index >= 15 is 0 Å². The lowest BCUT2D eigenvalue weighted by atomic mass is 9.88. The van der Waals surface area contributed by atoms with Crippen LogP contribution in [0.2, 0.25) is 0 Å². The fraction of sp³-hybridized carbons (Fsp3) is 0.643. The van der Waals surface area contributed by atoms with Crippen molar-refractivity contribution in [1.82, 2.24) is 9.29 Å². The first-order valence-corrected chi connectivity index (χ1v) is 9.02. The van der Waals surface area contributed by atoms with E-state index in [0.29, 0.717) is 26.3 Å². The van der Waals surface area contributed by atoms with Crippen LogP contribution in [0.5, 0.6) is 0 Å². The lowest BCUT2D eigenvalue weighted by Gasteiger charge is -2.30. The zero-order chi connectivity index (χ0) is 14.9. The Morgan fingerprint density at radius 3 is 2.86 bits per heavy atom. The molecule has 0 saturated carbocycles. The third kappa shape index (κ3) is 3.20. The number of sulfonamides is 1. The van der Waals surface area contributed by atoms with Gasteiger partial charge in [-0.15, -0.1) is 0 Å². The highest BCUT2D eigenvalue weighted by atomic mass is 32.2. The Morgan fingerprint density at radius 2 is 2.14 bits per heavy atom. The highest BCUT2D eigenvalue weighted by Crippen LogP contribution is 2.35. The summed E-state index contributed by atoms with van der Waals surface area (Å²) in [5, 5.41) is 0. The molecule has 2 aliphatic heterocycles. The molecule has 0 bridgehead atoms. The van der Waals surface area contributed by atoms with Gasteiger partial charge >= 0.3 is 0 Å². The van der Waals surface area contributed by atoms with Crippen molar-refractivity contribution in [3.63, 3.8) is 0 Å². The van der Waals surface area contributed by atoms with Crippen LogP contribution < -0.4 is 4.90 Å². The summed E-state index contributed by atoms with van der Waals surface area (Å²) in [6, 6.07) is 5.86. The number of pyridine rings is 1. The van der Waals surface area contributed by atoms with Crippen molar-refractivity contribution in [3.8, 4) is 0 Å². The van der Waals surface area contributed by atoms with Crippen LogP contribution in [0.15, 0.2) is 24.4 Å². The van der Waals surface area contributed by atoms with Crippen LogP contribution >= 0.6 is 0 Å². The van der Waals surface area contributed by atoms with Gasteiger partial charge in [0.15, 0.2) is 0 Å². The second-order valence-electron chi connectivity index (χ2n) is 6.01. The molecule has 6 nitrogen and oxygen atoms in total. The van der Waals surface area contributed by atoms with Gasteiger partial charge in [-0.25, -0.2) is 13.4 Å². The maximum absolute atomic E-state index is 11.9. The number of ether oxygens (including phenoxy) is 1. The summed E-state index contributed by atoms with van der Waals surface area (Å²) in [6.45, 7) is 3.74. The van der Waals surface area contributed by atoms with Crippen LogP contribution in [-0.4, -0.2) is 63.4 Å². The Hall–Kier alpha value is -1.18. The molecule has 2 aliphatic rings. The third-order valence-corrected chi connectivity index (χ3v) is 5.54. The number of aromatic nitrogens is 1. The second kappa shape index (κ2) is 5.55. The van der Waals surface area contributed by atoms with Gasteiger partial charge in [0.05, 0.1) is 19.5 Å². The number of hydrogen-bond acceptors (Lipinski definition) is 5. The van der Waals surface area contributed by atoms with E-state index in [2.05, 4.69) is 9.88 Å². The van der Waals surface area contributed by atoms with Gasteiger partial charge in [0.25, 0.3) is 0 Å². The fourth-order valence-corrected chi connectivity index (χ4v) is 4.07. The summed E-state index contributed by atoms with van der Waals surface area (Å²) in [5.41, 5.74) is -0.128. The smallest absolute Gasteiger partial charge is 0.211 e. The Kier molecular flexibility index (Phi) is 3.90. The molecule has 1 atom stereocenters. The van der Waals surface area contributed by atoms with Gasteiger partial charge in [0.2, 0.25) is 10.0 Å². The van der Waals surface area contributed by atoms with Crippen molar-refractivity contribution in [2.45, 2.75) is 6.42 Å². The predicted molar refractivity (Wildman–Crippen MR) is 80.7 cm³/mol. The zero-order valence-electron chi connectivity index (χ0n) is 12.2. The van der Waals surface area contributed by atoms with Crippen molar-refractivity contribution < 1.29 is 13.2 Å². The maximum Gasteiger partial charge on any atom is 0.211 e. The van der Waals surface area contributed by atoms with Crippen molar-refractivity contribution in [1.29, 1.82) is 0 Å². The average Bonchev–Trinajstić information content (AvgIpc) is 2.73. The van der Waals surface area contributed by atoms with Crippen LogP contribution in [0.3, 0.4) is 0 Å². The minimum Gasteiger partial charge on any atom is -0.379 e. The van der Waals surface area contributed by atoms with E-state index in [1.807, 2.05) is 18.2 Å². The van der Waals surface area contributed by atoms with Crippen LogP contribution in [0.4, 0.5) is 5.82 Å². The molecule has 1 aromatic heterocycles. The van der Waals surface area contributed by atoms with Gasteiger partial charge in [-0.3, -0.25) is 0 Å². The quantitative estimate of drug-likeness (QED) is 0.799. The van der Waals surface area contributed by atoms with E-state index in [9.17, 15) is 8.42 Å². The van der Waals surface area contributed by atoms with E-state index in [1.165, 1.54) is 6.26 Å². The summed E-state index contributed by atoms with van der Waals surface area (Å²) >= 11 is 0. The first kappa shape index (κ1) is 14.7. The van der Waals surface area contributed by atoms with E-state index in [4.69, 9.17) is 4.74 Å². The van der Waals surface area contributed by atoms with Gasteiger partial charge in [0, 0.05) is 37.8 Å². The molecule has 1 spiro atoms. The van der Waals surface area contributed by atoms with Crippen LogP contribution in [0, 0.1) is 5.41 Å². The van der Waals surface area contributed by atoms with Crippen molar-refractivity contribution in [2.75, 3.05) is 50.5 Å². The zero-order valence-corrected chi connectivity index (χ0v) is 13.1. The van der Waals surface area contributed by atoms with Crippen molar-refractivity contribution in [2.24, 2.45) is 5.41 Å². The largest absolute Gasteiger partial charge is 0.379 e. The van der Waals surface area contributed by atoms with Crippen LogP contribution in [-0.2, 0) is 14.8 Å². The lowest BCUT2D eigenvalue weighted by molar-refractivity contribution is 0.0807. The minimum absolute atomic E-state index is 0.128. The first-order chi connectivity index (χ1) is 9.99. The highest BCUT2D eigenvalue weighted by Gasteiger charge is 2.43. The topological polar surface area (TPSA) is 62.7 Å². The lowest BCUT2D eigenvalue weighted by Crippen LogP contribution is -2.43. The number of nitrogens with zero attached hydrogens (tertiary/aromatic N) is 3. The van der Waals surface area contributed by atoms with E-state index in [-0.39, 0.29) is 5.41 Å². The molecule has 1 unspecified atom stereocenters. The summed E-state index contributed by atoms with van der Waals surface area (Å²) in [4.78, 5) is 6.60. The second-order valence-corrected chi connectivity index (χ2v) is 7.99. The normalized spacial score (nSPS) is 28.0. The number of hydrogen-bond donors (Lipinski definition) is 0. The SMILES string of the molecule is CS(=O)(=O)N1CCOCC2(CCN(c3ccccn3)C2)C1. The summed E-state index contributed by atoms with van der Waals surface area (Å²) in [7, 11) is -3.18. The average molecular weight is 311 g/mol. The highest BCUT2D eigenvalue weighted by molar-refractivity contribution is 7.88. The molecule has 0 aliphatic carbocycles. The molecule has 2 fully saturated rings. The summed E-state index contributed by atoms with van der Waals surface area (Å²) in [5.74, 6) is 0.949. The van der Waals surface area contributed by atoms with Crippen LogP contribution in [0.1, 0.15) is 6.42 Å². The minimum atomic E-state index is -3.18. The van der Waals surface area contributed by atoms with Gasteiger partial charge < -0.3 is 9.64 Å². The Labute approximate surface area is 125 Å². The summed E-state index contributed by atoms with van der Waals surface area (Å²) < 4.78 is 31.0.